The number of benzene rings is 2. The number of carbonyl (C=O) groups is 16. The van der Waals surface area contributed by atoms with Crippen LogP contribution in [0, 0.1) is 0 Å². The van der Waals surface area contributed by atoms with Gasteiger partial charge in [-0.15, -0.1) is 0 Å². The molecule has 1 aliphatic rings. The summed E-state index contributed by atoms with van der Waals surface area (Å²) >= 11 is 24.5. The van der Waals surface area contributed by atoms with E-state index in [0.717, 1.165) is 11.8 Å². The molecule has 0 bridgehead atoms. The van der Waals surface area contributed by atoms with E-state index in [2.05, 4.69) is 181 Å². The average Bonchev–Trinajstić information content (AvgIpc) is 1.63. The molecule has 36 nitrogen and oxygen atoms in total. The largest absolute Gasteiger partial charge is 0.508 e. The second kappa shape index (κ2) is 65.3. The fourth-order valence-electron chi connectivity index (χ4n) is 9.94. The SMILES string of the molecule is CCCSSCC.CCSSCC.CCSSCC.C[C@H](NC(=O)[C@@H]1CCCN1C(=O)C(CC(=O)O)NC(=O)[C@H](CS)NC(=O)C(CS)NC(=O)[C@H](Cc1ccc(O)cc1)NC(=O)C(CCC(=O)O)NC(=O)[C@H](CS)NC(=O)[C@@H](N)CS)C(=O)N[C@@H](CS)C(=O)N[C@H](C(=O)NCC(=O)N[C@@H](CS)C(=O)N[C@@H](Cc1ccc(O)cc1)C(=O)O)[C@@H](C)O. The average molecular weight is 1910 g/mol. The van der Waals surface area contributed by atoms with Crippen LogP contribution in [-0.2, 0) is 89.6 Å². The second-order valence-corrected chi connectivity index (χ2v) is 36.8. The Morgan fingerprint density at radius 1 is 0.450 bits per heavy atom. The number of carbonyl (C=O) groups excluding carboxylic acids is 13. The number of aromatic hydroxyl groups is 2. The maximum absolute atomic E-state index is 14.2. The topological polar surface area (TPSA) is 568 Å². The van der Waals surface area contributed by atoms with Gasteiger partial charge >= 0.3 is 17.9 Å². The molecule has 2 aromatic rings. The molecule has 14 atom stereocenters. The van der Waals surface area contributed by atoms with Crippen LogP contribution in [0.3, 0.4) is 0 Å². The minimum atomic E-state index is -1.91. The Balaban J connectivity index is 0.00000662. The van der Waals surface area contributed by atoms with Crippen molar-refractivity contribution in [3.63, 3.8) is 0 Å². The predicted molar refractivity (Wildman–Crippen MR) is 491 cm³/mol. The summed E-state index contributed by atoms with van der Waals surface area (Å²) in [5, 5.41) is 86.8. The van der Waals surface area contributed by atoms with E-state index in [1.165, 1.54) is 96.4 Å². The first-order chi connectivity index (χ1) is 56.8. The Kier molecular flexibility index (Phi) is 61.9. The molecule has 1 saturated heterocycles. The summed E-state index contributed by atoms with van der Waals surface area (Å²) in [6.45, 7) is 14.4. The third-order valence-corrected chi connectivity index (χ3v) is 26.1. The fourth-order valence-corrected chi connectivity index (χ4v) is 15.9. The van der Waals surface area contributed by atoms with Crippen molar-refractivity contribution in [2.75, 3.05) is 82.1 Å². The zero-order chi connectivity index (χ0) is 91.1. The van der Waals surface area contributed by atoms with Gasteiger partial charge in [-0.1, -0.05) is 131 Å². The zero-order valence-electron chi connectivity index (χ0n) is 67.6. The Bertz CT molecular complexity index is 3540. The van der Waals surface area contributed by atoms with Crippen molar-refractivity contribution in [3.05, 3.63) is 59.7 Å². The number of aliphatic carboxylic acids is 3. The lowest BCUT2D eigenvalue weighted by Crippen LogP contribution is -2.61. The van der Waals surface area contributed by atoms with E-state index >= 15 is 0 Å². The van der Waals surface area contributed by atoms with Crippen LogP contribution in [0.1, 0.15) is 105 Å². The molecular weight excluding hydrogens is 1800 g/mol. The number of phenolic OH excluding ortho intramolecular Hbond substituents is 2. The first-order valence-corrected chi connectivity index (χ1v) is 49.1. The van der Waals surface area contributed by atoms with Crippen molar-refractivity contribution in [3.8, 4) is 11.5 Å². The molecule has 1 aliphatic heterocycles. The summed E-state index contributed by atoms with van der Waals surface area (Å²) in [4.78, 5) is 212. The van der Waals surface area contributed by atoms with Gasteiger partial charge in [-0.25, -0.2) is 4.79 Å². The number of carboxylic acids is 3. The van der Waals surface area contributed by atoms with Gasteiger partial charge in [0.15, 0.2) is 0 Å². The van der Waals surface area contributed by atoms with Crippen molar-refractivity contribution in [1.29, 1.82) is 0 Å². The highest BCUT2D eigenvalue weighted by Gasteiger charge is 2.41. The lowest BCUT2D eigenvalue weighted by Gasteiger charge is -2.30. The number of aliphatic hydroxyl groups excluding tert-OH is 1. The van der Waals surface area contributed by atoms with Crippen molar-refractivity contribution in [2.24, 2.45) is 5.73 Å². The lowest BCUT2D eigenvalue weighted by molar-refractivity contribution is -0.146. The Morgan fingerprint density at radius 3 is 1.23 bits per heavy atom. The van der Waals surface area contributed by atoms with E-state index < -0.39 is 222 Å². The van der Waals surface area contributed by atoms with Crippen molar-refractivity contribution in [1.82, 2.24) is 68.7 Å². The molecule has 1 fully saturated rings. The normalized spacial score (nSPS) is 15.2. The maximum atomic E-state index is 14.2. The van der Waals surface area contributed by atoms with Gasteiger partial charge in [0.1, 0.15) is 84.0 Å². The lowest BCUT2D eigenvalue weighted by atomic mass is 10.0. The smallest absolute Gasteiger partial charge is 0.326 e. The molecule has 48 heteroatoms. The van der Waals surface area contributed by atoms with Crippen LogP contribution in [0.5, 0.6) is 11.5 Å². The number of nitrogens with two attached hydrogens (primary N) is 1. The quantitative estimate of drug-likeness (QED) is 0.0246. The monoisotopic (exact) mass is 1910 g/mol. The molecule has 0 spiro atoms. The van der Waals surface area contributed by atoms with Gasteiger partial charge in [0, 0.05) is 94.8 Å². The van der Waals surface area contributed by atoms with E-state index in [1.54, 1.807) is 0 Å². The van der Waals surface area contributed by atoms with E-state index in [1.807, 2.05) is 64.8 Å². The number of hydrogen-bond acceptors (Lipinski definition) is 32. The molecule has 3 rings (SSSR count). The van der Waals surface area contributed by atoms with E-state index in [0.29, 0.717) is 11.1 Å². The first kappa shape index (κ1) is 114. The number of carboxylic acid groups (broad SMARTS) is 3. The van der Waals surface area contributed by atoms with Gasteiger partial charge in [-0.05, 0) is 74.9 Å². The number of likely N-dealkylation sites (tertiary alicyclic amines) is 1. The maximum Gasteiger partial charge on any atom is 0.326 e. The minimum Gasteiger partial charge on any atom is -0.508 e. The highest BCUT2D eigenvalue weighted by atomic mass is 33.1. The molecule has 0 aliphatic carbocycles. The van der Waals surface area contributed by atoms with Gasteiger partial charge in [0.05, 0.1) is 25.1 Å². The number of amides is 13. The van der Waals surface area contributed by atoms with E-state index in [-0.39, 0.29) is 61.0 Å². The third-order valence-electron chi connectivity index (χ3n) is 16.1. The number of aliphatic hydroxyl groups is 1. The summed E-state index contributed by atoms with van der Waals surface area (Å²) in [5.41, 5.74) is 6.48. The van der Waals surface area contributed by atoms with E-state index in [9.17, 15) is 107 Å². The van der Waals surface area contributed by atoms with E-state index in [4.69, 9.17) is 5.73 Å². The zero-order valence-corrected chi connectivity index (χ0v) is 77.9. The highest BCUT2D eigenvalue weighted by molar-refractivity contribution is 8.77. The van der Waals surface area contributed by atoms with Crippen LogP contribution in [0.15, 0.2) is 48.5 Å². The third kappa shape index (κ3) is 46.4. The van der Waals surface area contributed by atoms with Gasteiger partial charge < -0.3 is 105 Å². The van der Waals surface area contributed by atoms with Crippen molar-refractivity contribution >= 4 is 235 Å². The van der Waals surface area contributed by atoms with Crippen molar-refractivity contribution < 1.29 is 107 Å². The number of hydrogen-bond donors (Lipinski definition) is 25. The Morgan fingerprint density at radius 2 is 0.825 bits per heavy atom. The van der Waals surface area contributed by atoms with Crippen LogP contribution in [0.25, 0.3) is 0 Å². The van der Waals surface area contributed by atoms with Crippen LogP contribution in [0.4, 0.5) is 0 Å². The molecular formula is C72H116N14O22S12. The molecule has 13 amide bonds. The number of nitrogens with zero attached hydrogens (tertiary/aromatic N) is 1. The molecule has 0 saturated carbocycles. The number of thiol groups is 6. The minimum absolute atomic E-state index is 0.0362. The molecule has 120 heavy (non-hydrogen) atoms. The summed E-state index contributed by atoms with van der Waals surface area (Å²) in [6.07, 6.45) is -3.02. The fraction of sp³-hybridized carbons (Fsp3) is 0.611. The number of rotatable bonds is 52. The molecule has 0 radical (unpaired) electrons. The molecule has 0 aromatic heterocycles. The standard InChI is InChI=1S/C59H84N14O22S6.C5H12S2.2C4H10S2/c1-26(47(82)68-41(25-101)55(90)72-46(27(2)74)57(92)61-19-43(77)63-37(21-97)51(86)67-36(59(94)95)17-29-7-11-31(76)12-8-29)62-56(91)42-4-3-15-73(42)58(93)35(18-45(80)81)66-53(88)39(23-99)71-54(89)40(24-100)70-50(85)34(16-28-5-9-30(75)10-6-28)65-49(84)33(13-14-44(78)79)64-52(87)38(22-98)69-48(83)32(60)20-96;1-3-5-7-6-4-2;2*1-3-5-6-4-2/h5-12,26-27,32-42,46,74-76,96-101H,3-4,13-25,60H2,1-2H3,(H,61,92)(H,62,91)(H,63,77)(H,64,87)(H,65,84)(H,66,88)(H,67,86)(H,68,82)(H,69,83)(H,70,85)(H,71,89)(H,72,90)(H,78,79)(H,80,81)(H,94,95);3-5H2,1-2H3;2*3-4H2,1-2H3/t26-,27+,32-,33?,34-,35?,36-,37-,38-,39-,40?,41-,42-,46-;;;/m0.../s1. The van der Waals surface area contributed by atoms with Crippen LogP contribution in [-0.4, -0.2) is 297 Å². The Labute approximate surface area is 755 Å². The highest BCUT2D eigenvalue weighted by Crippen LogP contribution is 2.23. The van der Waals surface area contributed by atoms with Crippen molar-refractivity contribution in [2.45, 2.75) is 191 Å². The number of nitrogens with one attached hydrogen (secondary N) is 12. The summed E-state index contributed by atoms with van der Waals surface area (Å²) in [5.74, 6) is -12.7. The van der Waals surface area contributed by atoms with Gasteiger partial charge in [0.2, 0.25) is 76.8 Å². The molecule has 678 valence electrons. The van der Waals surface area contributed by atoms with Gasteiger partial charge in [-0.3, -0.25) is 71.9 Å². The van der Waals surface area contributed by atoms with Crippen LogP contribution >= 0.6 is 141 Å². The molecule has 20 N–H and O–H groups in total. The number of phenols is 2. The second-order valence-electron chi connectivity index (χ2n) is 25.6. The molecule has 1 heterocycles. The molecule has 2 aromatic carbocycles. The predicted octanol–water partition coefficient (Wildman–Crippen LogP) is 0.667. The summed E-state index contributed by atoms with van der Waals surface area (Å²) in [7, 11) is 11.6. The summed E-state index contributed by atoms with van der Waals surface area (Å²) in [6, 6.07) is -9.24. The first-order valence-electron chi connectivity index (χ1n) is 37.8. The van der Waals surface area contributed by atoms with Crippen LogP contribution in [0.2, 0.25) is 0 Å². The molecule has 3 unspecified atom stereocenters. The summed E-state index contributed by atoms with van der Waals surface area (Å²) < 4.78 is 0. The van der Waals surface area contributed by atoms with Gasteiger partial charge in [-0.2, -0.15) is 75.8 Å². The Hall–Kier alpha value is -6.32. The van der Waals surface area contributed by atoms with Crippen LogP contribution < -0.4 is 69.5 Å². The van der Waals surface area contributed by atoms with Gasteiger partial charge in [0.25, 0.3) is 0 Å².